The molecule has 1 unspecified atom stereocenters. The number of benzene rings is 1. The lowest BCUT2D eigenvalue weighted by Gasteiger charge is -2.37. The molecule has 2 amide bonds. The zero-order valence-corrected chi connectivity index (χ0v) is 12.3. The molecule has 0 radical (unpaired) electrons. The summed E-state index contributed by atoms with van der Waals surface area (Å²) in [6.45, 7) is 0.376. The molecule has 0 spiro atoms. The van der Waals surface area contributed by atoms with E-state index in [0.717, 1.165) is 12.1 Å². The quantitative estimate of drug-likeness (QED) is 0.894. The minimum Gasteiger partial charge on any atom is -0.382 e. The van der Waals surface area contributed by atoms with Gasteiger partial charge in [-0.25, -0.2) is 8.78 Å². The summed E-state index contributed by atoms with van der Waals surface area (Å²) in [7, 11) is 1.44. The summed E-state index contributed by atoms with van der Waals surface area (Å²) < 4.78 is 32.8. The largest absolute Gasteiger partial charge is 0.382 e. The van der Waals surface area contributed by atoms with Crippen LogP contribution < -0.4 is 5.73 Å². The first-order valence-corrected chi connectivity index (χ1v) is 6.94. The lowest BCUT2D eigenvalue weighted by atomic mass is 9.91. The molecule has 1 atom stereocenters. The third-order valence-electron chi connectivity index (χ3n) is 3.93. The van der Waals surface area contributed by atoms with Crippen LogP contribution in [0.3, 0.4) is 0 Å². The highest BCUT2D eigenvalue weighted by atomic mass is 19.1. The fraction of sp³-hybridized carbons (Fsp3) is 0.467. The molecule has 1 fully saturated rings. The number of halogens is 2. The Bertz CT molecular complexity index is 574. The molecule has 0 aliphatic carbocycles. The van der Waals surface area contributed by atoms with Crippen LogP contribution in [0.5, 0.6) is 0 Å². The van der Waals surface area contributed by atoms with Gasteiger partial charge in [-0.15, -0.1) is 0 Å². The van der Waals surface area contributed by atoms with Crippen molar-refractivity contribution in [2.45, 2.75) is 24.8 Å². The molecule has 1 aliphatic heterocycles. The Balaban J connectivity index is 2.40. The highest BCUT2D eigenvalue weighted by Gasteiger charge is 2.46. The van der Waals surface area contributed by atoms with E-state index in [2.05, 4.69) is 0 Å². The van der Waals surface area contributed by atoms with Crippen LogP contribution in [-0.2, 0) is 9.53 Å². The monoisotopic (exact) mass is 312 g/mol. The maximum absolute atomic E-state index is 13.8. The number of nitrogens with zero attached hydrogens (tertiary/aromatic N) is 1. The van der Waals surface area contributed by atoms with Crippen molar-refractivity contribution in [2.24, 2.45) is 5.73 Å². The Hall–Kier alpha value is -2.02. The maximum atomic E-state index is 13.8. The van der Waals surface area contributed by atoms with E-state index in [1.807, 2.05) is 0 Å². The number of amides is 2. The highest BCUT2D eigenvalue weighted by Crippen LogP contribution is 2.34. The van der Waals surface area contributed by atoms with Crippen LogP contribution in [0.4, 0.5) is 8.78 Å². The number of methoxy groups -OCH3 is 1. The number of likely N-dealkylation sites (tertiary alicyclic amines) is 1. The van der Waals surface area contributed by atoms with Crippen LogP contribution in [0.15, 0.2) is 18.2 Å². The second-order valence-corrected chi connectivity index (χ2v) is 5.46. The second-order valence-electron chi connectivity index (χ2n) is 5.46. The molecule has 1 heterocycles. The van der Waals surface area contributed by atoms with Gasteiger partial charge in [0.05, 0.1) is 18.6 Å². The van der Waals surface area contributed by atoms with E-state index >= 15 is 0 Å². The van der Waals surface area contributed by atoms with Gasteiger partial charge in [0.1, 0.15) is 17.2 Å². The van der Waals surface area contributed by atoms with E-state index in [1.165, 1.54) is 18.1 Å². The molecule has 2 N–H and O–H groups in total. The number of carbonyl (C=O) groups is 2. The first-order valence-electron chi connectivity index (χ1n) is 6.94. The molecular formula is C15H18F2N2O3. The van der Waals surface area contributed by atoms with E-state index in [0.29, 0.717) is 19.4 Å². The molecule has 5 nitrogen and oxygen atoms in total. The van der Waals surface area contributed by atoms with Crippen LogP contribution in [0.1, 0.15) is 29.6 Å². The zero-order chi connectivity index (χ0) is 16.3. The highest BCUT2D eigenvalue weighted by molar-refractivity contribution is 5.96. The Morgan fingerprint density at radius 2 is 2.00 bits per heavy atom. The van der Waals surface area contributed by atoms with Crippen LogP contribution in [0.2, 0.25) is 0 Å². The molecule has 120 valence electrons. The Morgan fingerprint density at radius 3 is 2.55 bits per heavy atom. The lowest BCUT2D eigenvalue weighted by molar-refractivity contribution is -0.121. The first kappa shape index (κ1) is 16.4. The standard InChI is InChI=1S/C15H18F2N2O3/c1-22-9-15(8-12(18)20)6-3-7-19(15)14(21)13-10(16)4-2-5-11(13)17/h2,4-5H,3,6-9H2,1H3,(H2,18,20). The van der Waals surface area contributed by atoms with Crippen molar-refractivity contribution in [2.75, 3.05) is 20.3 Å². The average molecular weight is 312 g/mol. The third-order valence-corrected chi connectivity index (χ3v) is 3.93. The minimum absolute atomic E-state index is 0.0811. The van der Waals surface area contributed by atoms with Crippen LogP contribution in [-0.4, -0.2) is 42.5 Å². The van der Waals surface area contributed by atoms with Gasteiger partial charge in [-0.1, -0.05) is 6.07 Å². The number of ether oxygens (including phenoxy) is 1. The summed E-state index contributed by atoms with van der Waals surface area (Å²) >= 11 is 0. The predicted octanol–water partition coefficient (Wildman–Crippen LogP) is 1.46. The molecule has 2 rings (SSSR count). The maximum Gasteiger partial charge on any atom is 0.260 e. The summed E-state index contributed by atoms with van der Waals surface area (Å²) in [4.78, 5) is 25.3. The van der Waals surface area contributed by atoms with Gasteiger partial charge in [0.15, 0.2) is 0 Å². The number of primary amides is 1. The van der Waals surface area contributed by atoms with Gasteiger partial charge in [-0.05, 0) is 25.0 Å². The third kappa shape index (κ3) is 2.94. The van der Waals surface area contributed by atoms with E-state index in [9.17, 15) is 18.4 Å². The van der Waals surface area contributed by atoms with Crippen molar-refractivity contribution < 1.29 is 23.1 Å². The number of rotatable bonds is 5. The molecule has 1 aromatic carbocycles. The van der Waals surface area contributed by atoms with Crippen LogP contribution >= 0.6 is 0 Å². The summed E-state index contributed by atoms with van der Waals surface area (Å²) in [6.07, 6.45) is 0.993. The van der Waals surface area contributed by atoms with Crippen molar-refractivity contribution in [3.8, 4) is 0 Å². The van der Waals surface area contributed by atoms with Crippen molar-refractivity contribution in [1.29, 1.82) is 0 Å². The van der Waals surface area contributed by atoms with E-state index < -0.39 is 34.6 Å². The molecule has 1 aliphatic rings. The zero-order valence-electron chi connectivity index (χ0n) is 12.3. The normalized spacial score (nSPS) is 21.1. The molecule has 7 heteroatoms. The Morgan fingerprint density at radius 1 is 1.36 bits per heavy atom. The van der Waals surface area contributed by atoms with Gasteiger partial charge in [-0.3, -0.25) is 9.59 Å². The SMILES string of the molecule is COCC1(CC(N)=O)CCCN1C(=O)c1c(F)cccc1F. The van der Waals surface area contributed by atoms with Crippen LogP contribution in [0.25, 0.3) is 0 Å². The number of nitrogens with two attached hydrogens (primary N) is 1. The molecule has 0 aromatic heterocycles. The first-order chi connectivity index (χ1) is 10.4. The van der Waals surface area contributed by atoms with Gasteiger partial charge in [-0.2, -0.15) is 0 Å². The van der Waals surface area contributed by atoms with Gasteiger partial charge in [0.2, 0.25) is 5.91 Å². The summed E-state index contributed by atoms with van der Waals surface area (Å²) in [6, 6.07) is 3.24. The fourth-order valence-corrected chi connectivity index (χ4v) is 3.07. The number of carbonyl (C=O) groups excluding carboxylic acids is 2. The fourth-order valence-electron chi connectivity index (χ4n) is 3.07. The van der Waals surface area contributed by atoms with Crippen molar-refractivity contribution in [3.05, 3.63) is 35.4 Å². The van der Waals surface area contributed by atoms with Crippen molar-refractivity contribution >= 4 is 11.8 Å². The van der Waals surface area contributed by atoms with E-state index in [-0.39, 0.29) is 13.0 Å². The summed E-state index contributed by atoms with van der Waals surface area (Å²) in [5, 5.41) is 0. The van der Waals surface area contributed by atoms with E-state index in [1.54, 1.807) is 0 Å². The van der Waals surface area contributed by atoms with Gasteiger partial charge in [0.25, 0.3) is 5.91 Å². The average Bonchev–Trinajstić information content (AvgIpc) is 2.81. The van der Waals surface area contributed by atoms with Gasteiger partial charge in [0, 0.05) is 13.7 Å². The second kappa shape index (κ2) is 6.39. The summed E-state index contributed by atoms with van der Waals surface area (Å²) in [5.74, 6) is -3.23. The Labute approximate surface area is 127 Å². The number of hydrogen-bond donors (Lipinski definition) is 1. The smallest absolute Gasteiger partial charge is 0.260 e. The summed E-state index contributed by atoms with van der Waals surface area (Å²) in [5.41, 5.74) is 3.70. The number of hydrogen-bond acceptors (Lipinski definition) is 3. The predicted molar refractivity (Wildman–Crippen MR) is 75.0 cm³/mol. The van der Waals surface area contributed by atoms with Crippen LogP contribution in [0, 0.1) is 11.6 Å². The topological polar surface area (TPSA) is 72.6 Å². The van der Waals surface area contributed by atoms with Crippen molar-refractivity contribution in [1.82, 2.24) is 4.90 Å². The lowest BCUT2D eigenvalue weighted by Crippen LogP contribution is -2.52. The van der Waals surface area contributed by atoms with E-state index in [4.69, 9.17) is 10.5 Å². The van der Waals surface area contributed by atoms with Gasteiger partial charge < -0.3 is 15.4 Å². The van der Waals surface area contributed by atoms with Gasteiger partial charge >= 0.3 is 0 Å². The molecule has 1 aromatic rings. The van der Waals surface area contributed by atoms with Crippen molar-refractivity contribution in [3.63, 3.8) is 0 Å². The molecule has 0 bridgehead atoms. The molecular weight excluding hydrogens is 294 g/mol. The molecule has 1 saturated heterocycles. The Kier molecular flexibility index (Phi) is 4.75. The molecule has 0 saturated carbocycles. The molecule has 22 heavy (non-hydrogen) atoms. The minimum atomic E-state index is -0.952.